The van der Waals surface area contributed by atoms with Gasteiger partial charge in [-0.1, -0.05) is 38.1 Å². The van der Waals surface area contributed by atoms with E-state index < -0.39 is 0 Å². The van der Waals surface area contributed by atoms with Crippen molar-refractivity contribution in [2.24, 2.45) is 0 Å². The predicted octanol–water partition coefficient (Wildman–Crippen LogP) is 5.27. The smallest absolute Gasteiger partial charge is 0.229 e. The van der Waals surface area contributed by atoms with Crippen molar-refractivity contribution in [3.05, 3.63) is 83.8 Å². The third-order valence-corrected chi connectivity index (χ3v) is 4.15. The monoisotopic (exact) mass is 363 g/mol. The van der Waals surface area contributed by atoms with Gasteiger partial charge in [0.2, 0.25) is 5.91 Å². The molecule has 0 saturated carbocycles. The van der Waals surface area contributed by atoms with E-state index in [0.29, 0.717) is 17.3 Å². The number of nitrogens with zero attached hydrogens (tertiary/aromatic N) is 1. The summed E-state index contributed by atoms with van der Waals surface area (Å²) < 4.78 is 13.2. The lowest BCUT2D eigenvalue weighted by molar-refractivity contribution is -0.115. The van der Waals surface area contributed by atoms with Crippen molar-refractivity contribution < 1.29 is 9.18 Å². The lowest BCUT2D eigenvalue weighted by atomic mass is 10.0. The summed E-state index contributed by atoms with van der Waals surface area (Å²) in [4.78, 5) is 16.3. The molecule has 1 heterocycles. The van der Waals surface area contributed by atoms with E-state index in [1.165, 1.54) is 17.7 Å². The molecule has 1 aromatic heterocycles. The van der Waals surface area contributed by atoms with Crippen LogP contribution in [0.15, 0.2) is 66.9 Å². The number of pyridine rings is 1. The number of nitrogens with one attached hydrogen (secondary N) is 2. The van der Waals surface area contributed by atoms with Crippen LogP contribution in [0, 0.1) is 5.82 Å². The third kappa shape index (κ3) is 5.38. The first-order valence-electron chi connectivity index (χ1n) is 8.87. The molecule has 138 valence electrons. The van der Waals surface area contributed by atoms with Crippen LogP contribution in [0.3, 0.4) is 0 Å². The van der Waals surface area contributed by atoms with Gasteiger partial charge in [0, 0.05) is 5.69 Å². The highest BCUT2D eigenvalue weighted by molar-refractivity contribution is 5.91. The van der Waals surface area contributed by atoms with Gasteiger partial charge in [-0.15, -0.1) is 0 Å². The average Bonchev–Trinajstić information content (AvgIpc) is 2.64. The molecule has 2 N–H and O–H groups in total. The SMILES string of the molecule is CC(C)c1ccc(Nc2ccc(NC(=O)Cc3cccc(F)c3)nc2)cc1. The summed E-state index contributed by atoms with van der Waals surface area (Å²) in [6.45, 7) is 4.32. The Morgan fingerprint density at radius 1 is 1.04 bits per heavy atom. The molecule has 2 aromatic carbocycles. The number of rotatable bonds is 6. The molecule has 4 nitrogen and oxygen atoms in total. The maximum Gasteiger partial charge on any atom is 0.229 e. The fraction of sp³-hybridized carbons (Fsp3) is 0.182. The van der Waals surface area contributed by atoms with Crippen LogP contribution in [0.5, 0.6) is 0 Å². The molecule has 0 aliphatic heterocycles. The van der Waals surface area contributed by atoms with Gasteiger partial charge in [-0.25, -0.2) is 9.37 Å². The number of carbonyl (C=O) groups excluding carboxylic acids is 1. The van der Waals surface area contributed by atoms with E-state index in [-0.39, 0.29) is 18.1 Å². The number of halogens is 1. The van der Waals surface area contributed by atoms with Gasteiger partial charge in [0.25, 0.3) is 0 Å². The Labute approximate surface area is 158 Å². The van der Waals surface area contributed by atoms with Gasteiger partial charge in [0.15, 0.2) is 0 Å². The minimum Gasteiger partial charge on any atom is -0.354 e. The van der Waals surface area contributed by atoms with Gasteiger partial charge in [-0.3, -0.25) is 4.79 Å². The summed E-state index contributed by atoms with van der Waals surface area (Å²) in [7, 11) is 0. The number of benzene rings is 2. The van der Waals surface area contributed by atoms with E-state index in [1.54, 1.807) is 24.4 Å². The van der Waals surface area contributed by atoms with Crippen molar-refractivity contribution >= 4 is 23.1 Å². The van der Waals surface area contributed by atoms with Crippen LogP contribution in [-0.4, -0.2) is 10.9 Å². The minimum atomic E-state index is -0.352. The molecule has 3 rings (SSSR count). The van der Waals surface area contributed by atoms with Gasteiger partial charge in [-0.2, -0.15) is 0 Å². The second-order valence-corrected chi connectivity index (χ2v) is 6.69. The Kier molecular flexibility index (Phi) is 5.81. The molecule has 0 aliphatic carbocycles. The summed E-state index contributed by atoms with van der Waals surface area (Å²) in [6, 6.07) is 17.8. The molecule has 0 atom stereocenters. The molecule has 0 radical (unpaired) electrons. The van der Waals surface area contributed by atoms with Gasteiger partial charge in [0.1, 0.15) is 11.6 Å². The Morgan fingerprint density at radius 3 is 2.41 bits per heavy atom. The number of anilines is 3. The molecule has 5 heteroatoms. The first-order valence-corrected chi connectivity index (χ1v) is 8.87. The molecule has 0 spiro atoms. The summed E-state index contributed by atoms with van der Waals surface area (Å²) in [6.07, 6.45) is 1.76. The topological polar surface area (TPSA) is 54.0 Å². The molecule has 0 saturated heterocycles. The number of aromatic nitrogens is 1. The highest BCUT2D eigenvalue weighted by Crippen LogP contribution is 2.21. The summed E-state index contributed by atoms with van der Waals surface area (Å²) in [5.74, 6) is 0.362. The zero-order valence-corrected chi connectivity index (χ0v) is 15.4. The maximum atomic E-state index is 13.2. The summed E-state index contributed by atoms with van der Waals surface area (Å²) in [5, 5.41) is 6.00. The first kappa shape index (κ1) is 18.6. The van der Waals surface area contributed by atoms with Crippen molar-refractivity contribution in [1.29, 1.82) is 0 Å². The third-order valence-electron chi connectivity index (χ3n) is 4.15. The largest absolute Gasteiger partial charge is 0.354 e. The Bertz CT molecular complexity index is 906. The molecule has 1 amide bonds. The van der Waals surface area contributed by atoms with Gasteiger partial charge in [0.05, 0.1) is 18.3 Å². The fourth-order valence-corrected chi connectivity index (χ4v) is 2.68. The molecular formula is C22H22FN3O. The van der Waals surface area contributed by atoms with E-state index >= 15 is 0 Å². The first-order chi connectivity index (χ1) is 13.0. The van der Waals surface area contributed by atoms with Crippen LogP contribution in [0.25, 0.3) is 0 Å². The van der Waals surface area contributed by atoms with Crippen molar-refractivity contribution in [3.63, 3.8) is 0 Å². The Balaban J connectivity index is 1.57. The molecule has 0 aliphatic rings. The fourth-order valence-electron chi connectivity index (χ4n) is 2.68. The van der Waals surface area contributed by atoms with E-state index in [9.17, 15) is 9.18 Å². The van der Waals surface area contributed by atoms with E-state index in [4.69, 9.17) is 0 Å². The van der Waals surface area contributed by atoms with E-state index in [2.05, 4.69) is 41.6 Å². The van der Waals surface area contributed by atoms with Crippen LogP contribution >= 0.6 is 0 Å². The van der Waals surface area contributed by atoms with Crippen molar-refractivity contribution in [2.75, 3.05) is 10.6 Å². The van der Waals surface area contributed by atoms with Crippen LogP contribution in [0.4, 0.5) is 21.6 Å². The molecule has 0 unspecified atom stereocenters. The van der Waals surface area contributed by atoms with Crippen LogP contribution in [-0.2, 0) is 11.2 Å². The normalized spacial score (nSPS) is 10.7. The highest BCUT2D eigenvalue weighted by atomic mass is 19.1. The number of hydrogen-bond donors (Lipinski definition) is 2. The Hall–Kier alpha value is -3.21. The lowest BCUT2D eigenvalue weighted by Crippen LogP contribution is -2.15. The average molecular weight is 363 g/mol. The van der Waals surface area contributed by atoms with Gasteiger partial charge < -0.3 is 10.6 Å². The number of amides is 1. The van der Waals surface area contributed by atoms with Crippen molar-refractivity contribution in [3.8, 4) is 0 Å². The molecule has 27 heavy (non-hydrogen) atoms. The second kappa shape index (κ2) is 8.45. The van der Waals surface area contributed by atoms with E-state index in [1.807, 2.05) is 18.2 Å². The van der Waals surface area contributed by atoms with Gasteiger partial charge in [-0.05, 0) is 53.4 Å². The quantitative estimate of drug-likeness (QED) is 0.627. The predicted molar refractivity (Wildman–Crippen MR) is 107 cm³/mol. The molecular weight excluding hydrogens is 341 g/mol. The molecule has 0 bridgehead atoms. The van der Waals surface area contributed by atoms with Gasteiger partial charge >= 0.3 is 0 Å². The van der Waals surface area contributed by atoms with Crippen LogP contribution in [0.2, 0.25) is 0 Å². The van der Waals surface area contributed by atoms with Crippen LogP contribution < -0.4 is 10.6 Å². The summed E-state index contributed by atoms with van der Waals surface area (Å²) in [5.41, 5.74) is 3.71. The van der Waals surface area contributed by atoms with Crippen molar-refractivity contribution in [2.45, 2.75) is 26.2 Å². The number of carbonyl (C=O) groups is 1. The zero-order valence-electron chi connectivity index (χ0n) is 15.4. The molecule has 3 aromatic rings. The van der Waals surface area contributed by atoms with Crippen LogP contribution in [0.1, 0.15) is 30.9 Å². The highest BCUT2D eigenvalue weighted by Gasteiger charge is 2.06. The van der Waals surface area contributed by atoms with Crippen molar-refractivity contribution in [1.82, 2.24) is 4.98 Å². The number of hydrogen-bond acceptors (Lipinski definition) is 3. The zero-order chi connectivity index (χ0) is 19.2. The lowest BCUT2D eigenvalue weighted by Gasteiger charge is -2.10. The molecule has 0 fully saturated rings. The minimum absolute atomic E-state index is 0.0989. The standard InChI is InChI=1S/C22H22FN3O/c1-15(2)17-6-8-19(9-7-17)25-20-10-11-21(24-14-20)26-22(27)13-16-4-3-5-18(23)12-16/h3-12,14-15,25H,13H2,1-2H3,(H,24,26,27). The van der Waals surface area contributed by atoms with E-state index in [0.717, 1.165) is 11.4 Å². The summed E-state index contributed by atoms with van der Waals surface area (Å²) >= 11 is 0. The maximum absolute atomic E-state index is 13.2. The second-order valence-electron chi connectivity index (χ2n) is 6.69. The Morgan fingerprint density at radius 2 is 1.78 bits per heavy atom.